The highest BCUT2D eigenvalue weighted by molar-refractivity contribution is 6.30. The van der Waals surface area contributed by atoms with Crippen molar-refractivity contribution in [2.45, 2.75) is 76.0 Å². The molecule has 2 aromatic carbocycles. The van der Waals surface area contributed by atoms with E-state index in [2.05, 4.69) is 32.2 Å². The van der Waals surface area contributed by atoms with Crippen LogP contribution in [0.5, 0.6) is 0 Å². The molecule has 0 unspecified atom stereocenters. The van der Waals surface area contributed by atoms with Crippen molar-refractivity contribution >= 4 is 29.0 Å². The number of carbonyl (C=O) groups is 1. The van der Waals surface area contributed by atoms with Gasteiger partial charge in [0.15, 0.2) is 0 Å². The fourth-order valence-corrected chi connectivity index (χ4v) is 5.59. The van der Waals surface area contributed by atoms with Crippen LogP contribution in [0.4, 0.5) is 0 Å². The summed E-state index contributed by atoms with van der Waals surface area (Å²) in [6, 6.07) is 16.5. The second kappa shape index (κ2) is 11.4. The topological polar surface area (TPSA) is 93.3 Å². The van der Waals surface area contributed by atoms with Gasteiger partial charge in [0.25, 0.3) is 0 Å². The molecule has 35 heavy (non-hydrogen) atoms. The molecule has 1 heterocycles. The van der Waals surface area contributed by atoms with Crippen LogP contribution in [0.25, 0.3) is 0 Å². The van der Waals surface area contributed by atoms with E-state index in [0.717, 1.165) is 11.1 Å². The molecule has 7 heteroatoms. The number of hydrogen-bond acceptors (Lipinski definition) is 5. The fourth-order valence-electron chi connectivity index (χ4n) is 5.27. The summed E-state index contributed by atoms with van der Waals surface area (Å²) in [6.07, 6.45) is 0.849. The van der Waals surface area contributed by atoms with Gasteiger partial charge < -0.3 is 15.5 Å². The molecule has 2 aromatic rings. The van der Waals surface area contributed by atoms with E-state index in [4.69, 9.17) is 28.3 Å². The molecule has 0 bridgehead atoms. The average molecular weight is 517 g/mol. The van der Waals surface area contributed by atoms with Gasteiger partial charge in [-0.25, -0.2) is 0 Å². The molecule has 3 rings (SSSR count). The van der Waals surface area contributed by atoms with E-state index in [9.17, 15) is 15.2 Å². The number of hydrogen-bond donors (Lipinski definition) is 3. The maximum absolute atomic E-state index is 13.6. The second-order valence-electron chi connectivity index (χ2n) is 10.7. The van der Waals surface area contributed by atoms with Crippen molar-refractivity contribution in [3.63, 3.8) is 0 Å². The largest absolute Gasteiger partial charge is 0.394 e. The van der Waals surface area contributed by atoms with Crippen molar-refractivity contribution in [2.24, 2.45) is 5.41 Å². The van der Waals surface area contributed by atoms with E-state index < -0.39 is 23.5 Å². The number of Topliss-reactive ketones (excluding diaryl/α,β-unsaturated/α-hetero) is 1. The summed E-state index contributed by atoms with van der Waals surface area (Å²) in [4.78, 5) is 13.6. The minimum Gasteiger partial charge on any atom is -0.394 e. The summed E-state index contributed by atoms with van der Waals surface area (Å²) in [5.41, 5.74) is 0.496. The third-order valence-corrected chi connectivity index (χ3v) is 7.29. The van der Waals surface area contributed by atoms with Crippen molar-refractivity contribution in [1.29, 1.82) is 5.26 Å². The lowest BCUT2D eigenvalue weighted by Crippen LogP contribution is -2.44. The molecule has 5 atom stereocenters. The van der Waals surface area contributed by atoms with Gasteiger partial charge in [-0.3, -0.25) is 4.79 Å². The van der Waals surface area contributed by atoms with Gasteiger partial charge in [-0.15, -0.1) is 0 Å². The van der Waals surface area contributed by atoms with Crippen LogP contribution >= 0.6 is 23.2 Å². The lowest BCUT2D eigenvalue weighted by molar-refractivity contribution is -0.121. The van der Waals surface area contributed by atoms with Crippen molar-refractivity contribution in [3.8, 4) is 6.07 Å². The molecule has 1 fully saturated rings. The summed E-state index contributed by atoms with van der Waals surface area (Å²) >= 11 is 12.6. The third-order valence-electron chi connectivity index (χ3n) is 6.80. The summed E-state index contributed by atoms with van der Waals surface area (Å²) in [5.74, 6) is -0.500. The van der Waals surface area contributed by atoms with Crippen LogP contribution in [-0.4, -0.2) is 40.8 Å². The number of carbonyl (C=O) groups excluding carboxylic acids is 1. The van der Waals surface area contributed by atoms with Gasteiger partial charge in [-0.2, -0.15) is 5.26 Å². The number of ketones is 1. The Bertz CT molecular complexity index is 1060. The Morgan fingerprint density at radius 2 is 1.86 bits per heavy atom. The van der Waals surface area contributed by atoms with Crippen LogP contribution in [0.2, 0.25) is 10.0 Å². The standard InChI is InChI=1S/C28H34Cl2N2O3/c1-27(2,3)15-24-28(17-31,19-10-12-20(29)13-11-19)25(18-6-4-7-21(30)14-18)26(32-24)23(35)9-5-8-22(34)16-33/h4,6-7,10-14,22,24-26,32-34H,5,8-9,15-16H2,1-3H3/t22-,24-,25-,26-,28-/m0/s1. The zero-order valence-corrected chi connectivity index (χ0v) is 22.0. The van der Waals surface area contributed by atoms with Gasteiger partial charge in [0.05, 0.1) is 24.8 Å². The molecule has 0 spiro atoms. The quantitative estimate of drug-likeness (QED) is 0.414. The van der Waals surface area contributed by atoms with E-state index in [-0.39, 0.29) is 30.3 Å². The molecular formula is C28H34Cl2N2O3. The van der Waals surface area contributed by atoms with Crippen molar-refractivity contribution in [3.05, 3.63) is 69.7 Å². The smallest absolute Gasteiger partial charge is 0.150 e. The lowest BCUT2D eigenvalue weighted by atomic mass is 9.62. The molecule has 0 saturated carbocycles. The minimum atomic E-state index is -1.03. The van der Waals surface area contributed by atoms with Gasteiger partial charge in [-0.05, 0) is 60.1 Å². The number of halogens is 2. The number of nitrogens with one attached hydrogen (secondary N) is 1. The summed E-state index contributed by atoms with van der Waals surface area (Å²) < 4.78 is 0. The Morgan fingerprint density at radius 3 is 2.43 bits per heavy atom. The van der Waals surface area contributed by atoms with Crippen LogP contribution in [0, 0.1) is 16.7 Å². The van der Waals surface area contributed by atoms with Gasteiger partial charge >= 0.3 is 0 Å². The predicted molar refractivity (Wildman–Crippen MR) is 140 cm³/mol. The Labute approximate surface area is 218 Å². The van der Waals surface area contributed by atoms with E-state index in [1.54, 1.807) is 18.2 Å². The van der Waals surface area contributed by atoms with Gasteiger partial charge in [0.1, 0.15) is 11.2 Å². The highest BCUT2D eigenvalue weighted by Gasteiger charge is 2.59. The van der Waals surface area contributed by atoms with Crippen molar-refractivity contribution in [2.75, 3.05) is 6.61 Å². The average Bonchev–Trinajstić information content (AvgIpc) is 3.12. The molecule has 0 amide bonds. The zero-order chi connectivity index (χ0) is 25.8. The maximum Gasteiger partial charge on any atom is 0.150 e. The predicted octanol–water partition coefficient (Wildman–Crippen LogP) is 5.41. The third kappa shape index (κ3) is 6.25. The fraction of sp³-hybridized carbons (Fsp3) is 0.500. The molecule has 1 aliphatic rings. The molecule has 0 radical (unpaired) electrons. The molecule has 5 nitrogen and oxygen atoms in total. The molecular weight excluding hydrogens is 483 g/mol. The van der Waals surface area contributed by atoms with Gasteiger partial charge in [-0.1, -0.05) is 68.2 Å². The molecule has 1 aliphatic heterocycles. The minimum absolute atomic E-state index is 0.0230. The SMILES string of the molecule is CC(C)(C)C[C@@H]1N[C@@H](C(=O)CCC[C@H](O)CO)[C@H](c2cccc(Cl)c2)[C@@]1(C#N)c1ccc(Cl)cc1. The second-order valence-corrected chi connectivity index (χ2v) is 11.5. The number of benzene rings is 2. The van der Waals surface area contributed by atoms with E-state index in [0.29, 0.717) is 29.3 Å². The first-order valence-corrected chi connectivity index (χ1v) is 12.8. The molecule has 188 valence electrons. The van der Waals surface area contributed by atoms with Crippen LogP contribution in [0.3, 0.4) is 0 Å². The highest BCUT2D eigenvalue weighted by atomic mass is 35.5. The Kier molecular flexibility index (Phi) is 9.01. The van der Waals surface area contributed by atoms with Crippen LogP contribution in [-0.2, 0) is 10.2 Å². The van der Waals surface area contributed by atoms with E-state index in [1.807, 2.05) is 30.3 Å². The Balaban J connectivity index is 2.14. The van der Waals surface area contributed by atoms with Crippen molar-refractivity contribution in [1.82, 2.24) is 5.32 Å². The normalized spacial score (nSPS) is 25.3. The Morgan fingerprint density at radius 1 is 1.17 bits per heavy atom. The molecule has 0 aliphatic carbocycles. The van der Waals surface area contributed by atoms with Crippen LogP contribution in [0.1, 0.15) is 63.5 Å². The number of aliphatic hydroxyl groups is 2. The highest BCUT2D eigenvalue weighted by Crippen LogP contribution is 2.51. The number of nitrogens with zero attached hydrogens (tertiary/aromatic N) is 1. The van der Waals surface area contributed by atoms with Crippen LogP contribution < -0.4 is 5.32 Å². The summed E-state index contributed by atoms with van der Waals surface area (Å²) in [5, 5.41) is 34.4. The maximum atomic E-state index is 13.6. The molecule has 3 N–H and O–H groups in total. The Hall–Kier alpha value is -1.94. The number of aliphatic hydroxyl groups excluding tert-OH is 2. The first-order valence-electron chi connectivity index (χ1n) is 12.0. The van der Waals surface area contributed by atoms with Gasteiger partial charge in [0, 0.05) is 28.4 Å². The zero-order valence-electron chi connectivity index (χ0n) is 20.5. The first-order chi connectivity index (χ1) is 16.5. The summed E-state index contributed by atoms with van der Waals surface area (Å²) in [6.45, 7) is 6.04. The summed E-state index contributed by atoms with van der Waals surface area (Å²) in [7, 11) is 0. The number of nitriles is 1. The van der Waals surface area contributed by atoms with E-state index >= 15 is 0 Å². The van der Waals surface area contributed by atoms with Crippen molar-refractivity contribution < 1.29 is 15.0 Å². The lowest BCUT2D eigenvalue weighted by Gasteiger charge is -2.37. The molecule has 1 saturated heterocycles. The van der Waals surface area contributed by atoms with E-state index in [1.165, 1.54) is 0 Å². The monoisotopic (exact) mass is 516 g/mol. The van der Waals surface area contributed by atoms with Gasteiger partial charge in [0.2, 0.25) is 0 Å². The number of rotatable bonds is 9. The van der Waals surface area contributed by atoms with Crippen LogP contribution in [0.15, 0.2) is 48.5 Å². The first kappa shape index (κ1) is 27.6. The molecule has 0 aromatic heterocycles.